The molecule has 1 aromatic heterocycles. The number of amides is 1. The molecule has 0 aliphatic heterocycles. The molecule has 0 saturated carbocycles. The second-order valence-corrected chi connectivity index (χ2v) is 8.01. The molecule has 3 aromatic rings. The monoisotopic (exact) mass is 445 g/mol. The first-order valence-corrected chi connectivity index (χ1v) is 10.4. The number of ether oxygens (including phenoxy) is 1. The van der Waals surface area contributed by atoms with Crippen LogP contribution in [0.5, 0.6) is 0 Å². The molecule has 1 heterocycles. The van der Waals surface area contributed by atoms with Crippen LogP contribution in [0.25, 0.3) is 11.5 Å². The van der Waals surface area contributed by atoms with Gasteiger partial charge in [0.05, 0.1) is 0 Å². The van der Waals surface area contributed by atoms with Gasteiger partial charge in [-0.3, -0.25) is 9.59 Å². The van der Waals surface area contributed by atoms with Crippen molar-refractivity contribution >= 4 is 40.9 Å². The van der Waals surface area contributed by atoms with Crippen LogP contribution in [0, 0.1) is 20.8 Å². The van der Waals surface area contributed by atoms with Gasteiger partial charge in [-0.2, -0.15) is 0 Å². The Kier molecular flexibility index (Phi) is 7.12. The van der Waals surface area contributed by atoms with Gasteiger partial charge in [-0.05, 0) is 56.2 Å². The van der Waals surface area contributed by atoms with Gasteiger partial charge in [-0.15, -0.1) is 10.2 Å². The maximum absolute atomic E-state index is 12.1. The topological polar surface area (TPSA) is 94.3 Å². The number of benzene rings is 2. The van der Waals surface area contributed by atoms with Crippen LogP contribution in [-0.4, -0.2) is 34.4 Å². The van der Waals surface area contributed by atoms with E-state index in [1.807, 2.05) is 32.9 Å². The SMILES string of the molecule is Cc1cc(C)c(NC(=O)COC(=O)CSc2nnc(-c3ccc(Cl)cc3)o2)c(C)c1. The summed E-state index contributed by atoms with van der Waals surface area (Å²) in [5.74, 6) is -0.686. The van der Waals surface area contributed by atoms with E-state index < -0.39 is 11.9 Å². The summed E-state index contributed by atoms with van der Waals surface area (Å²) in [6.07, 6.45) is 0. The van der Waals surface area contributed by atoms with Gasteiger partial charge in [0.25, 0.3) is 11.1 Å². The molecule has 0 radical (unpaired) electrons. The largest absolute Gasteiger partial charge is 0.455 e. The zero-order valence-electron chi connectivity index (χ0n) is 16.7. The van der Waals surface area contributed by atoms with E-state index in [-0.39, 0.29) is 17.6 Å². The quantitative estimate of drug-likeness (QED) is 0.419. The molecular weight excluding hydrogens is 426 g/mol. The molecule has 2 aromatic carbocycles. The number of carbonyl (C=O) groups is 2. The lowest BCUT2D eigenvalue weighted by molar-refractivity contribution is -0.144. The van der Waals surface area contributed by atoms with Crippen molar-refractivity contribution in [3.05, 3.63) is 58.1 Å². The second-order valence-electron chi connectivity index (χ2n) is 6.65. The number of aromatic nitrogens is 2. The van der Waals surface area contributed by atoms with Crippen molar-refractivity contribution in [1.29, 1.82) is 0 Å². The lowest BCUT2D eigenvalue weighted by Crippen LogP contribution is -2.22. The average Bonchev–Trinajstić information content (AvgIpc) is 3.17. The van der Waals surface area contributed by atoms with Crippen LogP contribution >= 0.6 is 23.4 Å². The van der Waals surface area contributed by atoms with E-state index in [0.29, 0.717) is 10.9 Å². The number of thioether (sulfide) groups is 1. The van der Waals surface area contributed by atoms with Gasteiger partial charge >= 0.3 is 5.97 Å². The van der Waals surface area contributed by atoms with Crippen molar-refractivity contribution in [3.63, 3.8) is 0 Å². The predicted molar refractivity (Wildman–Crippen MR) is 116 cm³/mol. The minimum absolute atomic E-state index is 0.0574. The van der Waals surface area contributed by atoms with E-state index in [1.165, 1.54) is 0 Å². The van der Waals surface area contributed by atoms with E-state index in [1.54, 1.807) is 24.3 Å². The summed E-state index contributed by atoms with van der Waals surface area (Å²) in [6, 6.07) is 10.9. The van der Waals surface area contributed by atoms with Crippen molar-refractivity contribution in [2.24, 2.45) is 0 Å². The summed E-state index contributed by atoms with van der Waals surface area (Å²) >= 11 is 6.89. The number of anilines is 1. The summed E-state index contributed by atoms with van der Waals surface area (Å²) < 4.78 is 10.5. The molecule has 9 heteroatoms. The molecule has 0 unspecified atom stereocenters. The maximum atomic E-state index is 12.1. The molecule has 30 heavy (non-hydrogen) atoms. The molecule has 7 nitrogen and oxygen atoms in total. The van der Waals surface area contributed by atoms with Crippen LogP contribution in [0.3, 0.4) is 0 Å². The summed E-state index contributed by atoms with van der Waals surface area (Å²) in [5, 5.41) is 11.5. The molecular formula is C21H20ClN3O4S. The molecule has 1 N–H and O–H groups in total. The summed E-state index contributed by atoms with van der Waals surface area (Å²) in [4.78, 5) is 24.1. The minimum atomic E-state index is -0.557. The number of aryl methyl sites for hydroxylation is 3. The lowest BCUT2D eigenvalue weighted by Gasteiger charge is -2.12. The number of nitrogens with one attached hydrogen (secondary N) is 1. The van der Waals surface area contributed by atoms with E-state index in [2.05, 4.69) is 15.5 Å². The number of halogens is 1. The van der Waals surface area contributed by atoms with Gasteiger partial charge in [0.1, 0.15) is 5.75 Å². The van der Waals surface area contributed by atoms with E-state index >= 15 is 0 Å². The van der Waals surface area contributed by atoms with Crippen LogP contribution < -0.4 is 5.32 Å². The van der Waals surface area contributed by atoms with Gasteiger partial charge in [0.15, 0.2) is 6.61 Å². The zero-order chi connectivity index (χ0) is 21.7. The Morgan fingerprint density at radius 1 is 1.10 bits per heavy atom. The number of carbonyl (C=O) groups excluding carboxylic acids is 2. The van der Waals surface area contributed by atoms with Crippen LogP contribution in [0.2, 0.25) is 5.02 Å². The Balaban J connectivity index is 1.46. The Bertz CT molecular complexity index is 1040. The van der Waals surface area contributed by atoms with E-state index in [9.17, 15) is 9.59 Å². The van der Waals surface area contributed by atoms with Gasteiger partial charge in [0, 0.05) is 16.3 Å². The Morgan fingerprint density at radius 3 is 2.43 bits per heavy atom. The third-order valence-electron chi connectivity index (χ3n) is 4.12. The molecule has 0 fully saturated rings. The molecule has 0 spiro atoms. The van der Waals surface area contributed by atoms with Crippen molar-refractivity contribution in [3.8, 4) is 11.5 Å². The molecule has 0 saturated heterocycles. The highest BCUT2D eigenvalue weighted by atomic mass is 35.5. The van der Waals surface area contributed by atoms with Crippen LogP contribution in [-0.2, 0) is 14.3 Å². The fourth-order valence-corrected chi connectivity index (χ4v) is 3.53. The Labute approximate surface area is 183 Å². The third kappa shape index (κ3) is 5.84. The van der Waals surface area contributed by atoms with Crippen molar-refractivity contribution < 1.29 is 18.7 Å². The maximum Gasteiger partial charge on any atom is 0.316 e. The minimum Gasteiger partial charge on any atom is -0.455 e. The first-order valence-electron chi connectivity index (χ1n) is 9.07. The van der Waals surface area contributed by atoms with Gasteiger partial charge in [0.2, 0.25) is 5.89 Å². The van der Waals surface area contributed by atoms with Crippen molar-refractivity contribution in [1.82, 2.24) is 10.2 Å². The first kappa shape index (κ1) is 21.9. The smallest absolute Gasteiger partial charge is 0.316 e. The lowest BCUT2D eigenvalue weighted by atomic mass is 10.1. The second kappa shape index (κ2) is 9.77. The fraction of sp³-hybridized carbons (Fsp3) is 0.238. The normalized spacial score (nSPS) is 10.7. The number of nitrogens with zero attached hydrogens (tertiary/aromatic N) is 2. The Morgan fingerprint density at radius 2 is 1.77 bits per heavy atom. The average molecular weight is 446 g/mol. The molecule has 0 atom stereocenters. The highest BCUT2D eigenvalue weighted by molar-refractivity contribution is 7.99. The molecule has 0 aliphatic rings. The van der Waals surface area contributed by atoms with Gasteiger partial charge in [-0.1, -0.05) is 41.1 Å². The van der Waals surface area contributed by atoms with Gasteiger partial charge in [-0.25, -0.2) is 0 Å². The van der Waals surface area contributed by atoms with Gasteiger partial charge < -0.3 is 14.5 Å². The highest BCUT2D eigenvalue weighted by Gasteiger charge is 2.14. The highest BCUT2D eigenvalue weighted by Crippen LogP contribution is 2.24. The van der Waals surface area contributed by atoms with E-state index in [0.717, 1.165) is 39.7 Å². The standard InChI is InChI=1S/C21H20ClN3O4S/c1-12-8-13(2)19(14(3)9-12)23-17(26)10-28-18(27)11-30-21-25-24-20(29-21)15-4-6-16(22)7-5-15/h4-9H,10-11H2,1-3H3,(H,23,26). The summed E-state index contributed by atoms with van der Waals surface area (Å²) in [5.41, 5.74) is 4.48. The number of hydrogen-bond acceptors (Lipinski definition) is 7. The van der Waals surface area contributed by atoms with Crippen LogP contribution in [0.15, 0.2) is 46.0 Å². The summed E-state index contributed by atoms with van der Waals surface area (Å²) in [7, 11) is 0. The van der Waals surface area contributed by atoms with Crippen molar-refractivity contribution in [2.45, 2.75) is 26.0 Å². The number of rotatable bonds is 7. The Hall–Kier alpha value is -2.84. The zero-order valence-corrected chi connectivity index (χ0v) is 18.3. The predicted octanol–water partition coefficient (Wildman–Crippen LogP) is 4.59. The van der Waals surface area contributed by atoms with Crippen LogP contribution in [0.1, 0.15) is 16.7 Å². The molecule has 1 amide bonds. The first-order chi connectivity index (χ1) is 14.3. The molecule has 156 valence electrons. The molecule has 0 aliphatic carbocycles. The van der Waals surface area contributed by atoms with Crippen LogP contribution in [0.4, 0.5) is 5.69 Å². The molecule has 3 rings (SSSR count). The van der Waals surface area contributed by atoms with E-state index in [4.69, 9.17) is 20.8 Å². The number of esters is 1. The summed E-state index contributed by atoms with van der Waals surface area (Å²) in [6.45, 7) is 5.46. The number of hydrogen-bond donors (Lipinski definition) is 1. The van der Waals surface area contributed by atoms with Crippen molar-refractivity contribution in [2.75, 3.05) is 17.7 Å². The third-order valence-corrected chi connectivity index (χ3v) is 5.16. The molecule has 0 bridgehead atoms. The fourth-order valence-electron chi connectivity index (χ4n) is 2.84.